The van der Waals surface area contributed by atoms with Crippen LogP contribution >= 0.6 is 0 Å². The molecule has 18 heavy (non-hydrogen) atoms. The minimum Gasteiger partial charge on any atom is -0.374 e. The van der Waals surface area contributed by atoms with E-state index in [-0.39, 0.29) is 0 Å². The Hall–Kier alpha value is -0.160. The highest BCUT2D eigenvalue weighted by molar-refractivity contribution is 4.78. The first-order valence-electron chi connectivity index (χ1n) is 7.53. The first-order valence-corrected chi connectivity index (χ1v) is 7.53. The van der Waals surface area contributed by atoms with Crippen molar-refractivity contribution >= 4 is 0 Å². The number of hydrogen-bond donors (Lipinski definition) is 1. The summed E-state index contributed by atoms with van der Waals surface area (Å²) in [4.78, 5) is 4.99. The molecule has 4 heteroatoms. The van der Waals surface area contributed by atoms with Gasteiger partial charge in [-0.1, -0.05) is 20.8 Å². The van der Waals surface area contributed by atoms with Crippen LogP contribution in [0.25, 0.3) is 0 Å². The normalized spacial score (nSPS) is 22.0. The first-order chi connectivity index (χ1) is 8.74. The standard InChI is InChI=1S/C14H31N3O/c1-4-13(5-2)17(8-7-15)12-14-11-16(6-3)9-10-18-14/h13-14H,4-12,15H2,1-3H3. The van der Waals surface area contributed by atoms with Crippen molar-refractivity contribution in [3.8, 4) is 0 Å². The summed E-state index contributed by atoms with van der Waals surface area (Å²) in [5.41, 5.74) is 5.74. The fraction of sp³-hybridized carbons (Fsp3) is 1.00. The third-order valence-electron chi connectivity index (χ3n) is 3.98. The minimum atomic E-state index is 0.353. The van der Waals surface area contributed by atoms with E-state index < -0.39 is 0 Å². The molecule has 2 N–H and O–H groups in total. The molecule has 0 aromatic heterocycles. The van der Waals surface area contributed by atoms with Crippen LogP contribution in [0.1, 0.15) is 33.6 Å². The molecule has 1 unspecified atom stereocenters. The molecule has 0 aromatic carbocycles. The van der Waals surface area contributed by atoms with Gasteiger partial charge >= 0.3 is 0 Å². The Morgan fingerprint density at radius 3 is 2.61 bits per heavy atom. The molecule has 0 aromatic rings. The van der Waals surface area contributed by atoms with Crippen LogP contribution in [0.15, 0.2) is 0 Å². The summed E-state index contributed by atoms with van der Waals surface area (Å²) >= 11 is 0. The number of hydrogen-bond acceptors (Lipinski definition) is 4. The second-order valence-corrected chi connectivity index (χ2v) is 5.14. The summed E-state index contributed by atoms with van der Waals surface area (Å²) in [7, 11) is 0. The Balaban J connectivity index is 2.48. The zero-order valence-corrected chi connectivity index (χ0v) is 12.4. The average Bonchev–Trinajstić information content (AvgIpc) is 2.40. The third kappa shape index (κ3) is 4.84. The van der Waals surface area contributed by atoms with Crippen molar-refractivity contribution in [2.45, 2.75) is 45.8 Å². The van der Waals surface area contributed by atoms with Crippen molar-refractivity contribution in [1.82, 2.24) is 9.80 Å². The SMILES string of the molecule is CCC(CC)N(CCN)CC1CN(CC)CCO1. The summed E-state index contributed by atoms with van der Waals surface area (Å²) in [5, 5.41) is 0. The molecule has 0 spiro atoms. The highest BCUT2D eigenvalue weighted by Crippen LogP contribution is 2.12. The van der Waals surface area contributed by atoms with E-state index in [1.165, 1.54) is 12.8 Å². The highest BCUT2D eigenvalue weighted by Gasteiger charge is 2.24. The molecule has 1 saturated heterocycles. The van der Waals surface area contributed by atoms with Crippen LogP contribution in [0, 0.1) is 0 Å². The Morgan fingerprint density at radius 1 is 1.33 bits per heavy atom. The van der Waals surface area contributed by atoms with Crippen LogP contribution in [0.3, 0.4) is 0 Å². The van der Waals surface area contributed by atoms with E-state index in [9.17, 15) is 0 Å². The van der Waals surface area contributed by atoms with E-state index in [2.05, 4.69) is 30.6 Å². The predicted octanol–water partition coefficient (Wildman–Crippen LogP) is 1.16. The summed E-state index contributed by atoms with van der Waals surface area (Å²) in [6.45, 7) is 13.6. The molecule has 0 amide bonds. The van der Waals surface area contributed by atoms with E-state index in [0.717, 1.165) is 45.9 Å². The van der Waals surface area contributed by atoms with E-state index >= 15 is 0 Å². The van der Waals surface area contributed by atoms with Crippen molar-refractivity contribution in [3.05, 3.63) is 0 Å². The van der Waals surface area contributed by atoms with Gasteiger partial charge in [-0.25, -0.2) is 0 Å². The molecule has 108 valence electrons. The maximum Gasteiger partial charge on any atom is 0.0829 e. The molecule has 0 saturated carbocycles. The number of nitrogens with two attached hydrogens (primary N) is 1. The van der Waals surface area contributed by atoms with Crippen LogP contribution in [0.2, 0.25) is 0 Å². The third-order valence-corrected chi connectivity index (χ3v) is 3.98. The van der Waals surface area contributed by atoms with Gasteiger partial charge in [0.2, 0.25) is 0 Å². The fourth-order valence-electron chi connectivity index (χ4n) is 2.83. The van der Waals surface area contributed by atoms with E-state index in [1.54, 1.807) is 0 Å². The van der Waals surface area contributed by atoms with Crippen LogP contribution in [0.5, 0.6) is 0 Å². The summed E-state index contributed by atoms with van der Waals surface area (Å²) in [6, 6.07) is 0.647. The van der Waals surface area contributed by atoms with Gasteiger partial charge in [0, 0.05) is 38.8 Å². The Kier molecular flexibility index (Phi) is 7.82. The zero-order chi connectivity index (χ0) is 13.4. The molecule has 1 atom stereocenters. The molecule has 0 radical (unpaired) electrons. The molecule has 0 bridgehead atoms. The van der Waals surface area contributed by atoms with E-state index in [1.807, 2.05) is 0 Å². The van der Waals surface area contributed by atoms with Gasteiger partial charge < -0.3 is 10.5 Å². The Bertz CT molecular complexity index is 209. The topological polar surface area (TPSA) is 41.7 Å². The molecule has 1 aliphatic heterocycles. The zero-order valence-electron chi connectivity index (χ0n) is 12.4. The lowest BCUT2D eigenvalue weighted by molar-refractivity contribution is -0.0472. The highest BCUT2D eigenvalue weighted by atomic mass is 16.5. The molecule has 1 heterocycles. The number of rotatable bonds is 8. The molecule has 0 aliphatic carbocycles. The first kappa shape index (κ1) is 15.9. The largest absolute Gasteiger partial charge is 0.374 e. The van der Waals surface area contributed by atoms with Gasteiger partial charge in [0.1, 0.15) is 0 Å². The van der Waals surface area contributed by atoms with Gasteiger partial charge in [-0.3, -0.25) is 9.80 Å². The summed E-state index contributed by atoms with van der Waals surface area (Å²) in [6.07, 6.45) is 2.74. The van der Waals surface area contributed by atoms with Crippen LogP contribution in [-0.2, 0) is 4.74 Å². The number of nitrogens with zero attached hydrogens (tertiary/aromatic N) is 2. The van der Waals surface area contributed by atoms with Gasteiger partial charge in [0.05, 0.1) is 12.7 Å². The summed E-state index contributed by atoms with van der Waals surface area (Å²) < 4.78 is 5.90. The Labute approximate surface area is 112 Å². The molecule has 1 rings (SSSR count). The fourth-order valence-corrected chi connectivity index (χ4v) is 2.83. The van der Waals surface area contributed by atoms with Gasteiger partial charge in [-0.05, 0) is 19.4 Å². The number of likely N-dealkylation sites (N-methyl/N-ethyl adjacent to an activating group) is 1. The number of ether oxygens (including phenoxy) is 1. The molecule has 1 aliphatic rings. The van der Waals surface area contributed by atoms with Crippen molar-refractivity contribution < 1.29 is 4.74 Å². The lowest BCUT2D eigenvalue weighted by Gasteiger charge is -2.37. The smallest absolute Gasteiger partial charge is 0.0829 e. The second-order valence-electron chi connectivity index (χ2n) is 5.14. The van der Waals surface area contributed by atoms with Crippen molar-refractivity contribution in [1.29, 1.82) is 0 Å². The van der Waals surface area contributed by atoms with Gasteiger partial charge in [-0.2, -0.15) is 0 Å². The molecular weight excluding hydrogens is 226 g/mol. The van der Waals surface area contributed by atoms with Gasteiger partial charge in [0.15, 0.2) is 0 Å². The van der Waals surface area contributed by atoms with Crippen LogP contribution in [0.4, 0.5) is 0 Å². The molecular formula is C14H31N3O. The van der Waals surface area contributed by atoms with E-state index in [0.29, 0.717) is 12.1 Å². The summed E-state index contributed by atoms with van der Waals surface area (Å²) in [5.74, 6) is 0. The minimum absolute atomic E-state index is 0.353. The molecule has 4 nitrogen and oxygen atoms in total. The van der Waals surface area contributed by atoms with Crippen LogP contribution in [-0.4, -0.2) is 67.8 Å². The quantitative estimate of drug-likeness (QED) is 0.708. The molecule has 1 fully saturated rings. The maximum absolute atomic E-state index is 5.90. The van der Waals surface area contributed by atoms with Crippen molar-refractivity contribution in [2.75, 3.05) is 45.9 Å². The predicted molar refractivity (Wildman–Crippen MR) is 76.9 cm³/mol. The lowest BCUT2D eigenvalue weighted by atomic mass is 10.1. The van der Waals surface area contributed by atoms with Crippen molar-refractivity contribution in [2.24, 2.45) is 5.73 Å². The maximum atomic E-state index is 5.90. The number of morpholine rings is 1. The second kappa shape index (κ2) is 8.86. The van der Waals surface area contributed by atoms with Crippen molar-refractivity contribution in [3.63, 3.8) is 0 Å². The average molecular weight is 257 g/mol. The van der Waals surface area contributed by atoms with Crippen LogP contribution < -0.4 is 5.73 Å². The van der Waals surface area contributed by atoms with Gasteiger partial charge in [0.25, 0.3) is 0 Å². The van der Waals surface area contributed by atoms with Gasteiger partial charge in [-0.15, -0.1) is 0 Å². The monoisotopic (exact) mass is 257 g/mol. The van der Waals surface area contributed by atoms with E-state index in [4.69, 9.17) is 10.5 Å². The lowest BCUT2D eigenvalue weighted by Crippen LogP contribution is -2.50. The Morgan fingerprint density at radius 2 is 2.06 bits per heavy atom.